The highest BCUT2D eigenvalue weighted by molar-refractivity contribution is 7.80. The number of rotatable bonds is 4. The molecule has 1 rings (SSSR count). The van der Waals surface area contributed by atoms with Crippen LogP contribution in [-0.4, -0.2) is 29.7 Å². The van der Waals surface area contributed by atoms with Crippen LogP contribution in [-0.2, 0) is 9.59 Å². The molecule has 1 aliphatic rings. The Morgan fingerprint density at radius 2 is 1.94 bits per heavy atom. The second kappa shape index (κ2) is 6.78. The third-order valence-corrected chi connectivity index (χ3v) is 3.19. The lowest BCUT2D eigenvalue weighted by Gasteiger charge is -2.25. The lowest BCUT2D eigenvalue weighted by atomic mass is 9.95. The van der Waals surface area contributed by atoms with Crippen molar-refractivity contribution in [3.8, 4) is 0 Å². The molecule has 0 aromatic heterocycles. The normalized spacial score (nSPS) is 18.9. The molecule has 92 valence electrons. The third kappa shape index (κ3) is 4.43. The fraction of sp³-hybridized carbons (Fsp3) is 0.818. The van der Waals surface area contributed by atoms with Gasteiger partial charge in [-0.05, 0) is 12.8 Å². The first-order valence-electron chi connectivity index (χ1n) is 5.82. The van der Waals surface area contributed by atoms with Gasteiger partial charge in [0.25, 0.3) is 0 Å². The lowest BCUT2D eigenvalue weighted by Crippen LogP contribution is -2.50. The van der Waals surface area contributed by atoms with E-state index in [4.69, 9.17) is 0 Å². The number of carbonyl (C=O) groups is 2. The highest BCUT2D eigenvalue weighted by Crippen LogP contribution is 2.17. The van der Waals surface area contributed by atoms with Crippen LogP contribution in [0.5, 0.6) is 0 Å². The predicted octanol–water partition coefficient (Wildman–Crippen LogP) is 0.870. The Kier molecular flexibility index (Phi) is 5.66. The van der Waals surface area contributed by atoms with Gasteiger partial charge in [-0.25, -0.2) is 0 Å². The molecule has 1 aliphatic carbocycles. The second-order valence-corrected chi connectivity index (χ2v) is 4.64. The van der Waals surface area contributed by atoms with Gasteiger partial charge in [-0.2, -0.15) is 12.6 Å². The monoisotopic (exact) mass is 244 g/mol. The summed E-state index contributed by atoms with van der Waals surface area (Å²) in [6.07, 6.45) is 5.71. The fourth-order valence-electron chi connectivity index (χ4n) is 1.99. The zero-order valence-electron chi connectivity index (χ0n) is 9.66. The molecule has 0 radical (unpaired) electrons. The van der Waals surface area contributed by atoms with E-state index in [1.54, 1.807) is 0 Å². The van der Waals surface area contributed by atoms with E-state index in [2.05, 4.69) is 23.3 Å². The number of hydrogen-bond acceptors (Lipinski definition) is 3. The van der Waals surface area contributed by atoms with Crippen LogP contribution in [0, 0.1) is 0 Å². The van der Waals surface area contributed by atoms with Gasteiger partial charge < -0.3 is 10.6 Å². The number of nitrogens with one attached hydrogen (secondary N) is 2. The summed E-state index contributed by atoms with van der Waals surface area (Å²) < 4.78 is 0. The Hall–Kier alpha value is -0.710. The molecular formula is C11H20N2O2S. The summed E-state index contributed by atoms with van der Waals surface area (Å²) in [5, 5.41) is 5.56. The van der Waals surface area contributed by atoms with Crippen LogP contribution in [0.3, 0.4) is 0 Å². The Balaban J connectivity index is 2.38. The fourth-order valence-corrected chi connectivity index (χ4v) is 2.25. The van der Waals surface area contributed by atoms with Crippen molar-refractivity contribution in [2.24, 2.45) is 0 Å². The minimum Gasteiger partial charge on any atom is -0.352 e. The standard InChI is InChI=1S/C11H20N2O2S/c1-8(14)12-10(7-16)11(15)13-9-5-3-2-4-6-9/h9-10,16H,2-7H2,1H3,(H,12,14)(H,13,15). The van der Waals surface area contributed by atoms with Crippen LogP contribution in [0.2, 0.25) is 0 Å². The molecular weight excluding hydrogens is 224 g/mol. The molecule has 4 nitrogen and oxygen atoms in total. The Morgan fingerprint density at radius 1 is 1.31 bits per heavy atom. The summed E-state index contributed by atoms with van der Waals surface area (Å²) in [7, 11) is 0. The molecule has 0 bridgehead atoms. The zero-order chi connectivity index (χ0) is 12.0. The van der Waals surface area contributed by atoms with E-state index in [0.717, 1.165) is 12.8 Å². The highest BCUT2D eigenvalue weighted by atomic mass is 32.1. The molecule has 5 heteroatoms. The Bertz CT molecular complexity index is 252. The van der Waals surface area contributed by atoms with E-state index in [-0.39, 0.29) is 17.9 Å². The van der Waals surface area contributed by atoms with Crippen molar-refractivity contribution < 1.29 is 9.59 Å². The first kappa shape index (κ1) is 13.4. The summed E-state index contributed by atoms with van der Waals surface area (Å²) in [4.78, 5) is 22.7. The van der Waals surface area contributed by atoms with Gasteiger partial charge in [0.15, 0.2) is 0 Å². The van der Waals surface area contributed by atoms with E-state index >= 15 is 0 Å². The van der Waals surface area contributed by atoms with E-state index in [1.165, 1.54) is 26.2 Å². The van der Waals surface area contributed by atoms with Crippen molar-refractivity contribution in [1.29, 1.82) is 0 Å². The van der Waals surface area contributed by atoms with Gasteiger partial charge >= 0.3 is 0 Å². The largest absolute Gasteiger partial charge is 0.352 e. The number of carbonyl (C=O) groups excluding carboxylic acids is 2. The number of amides is 2. The average molecular weight is 244 g/mol. The topological polar surface area (TPSA) is 58.2 Å². The van der Waals surface area contributed by atoms with Crippen molar-refractivity contribution >= 4 is 24.4 Å². The van der Waals surface area contributed by atoms with Crippen molar-refractivity contribution in [2.45, 2.75) is 51.1 Å². The molecule has 0 saturated heterocycles. The Labute approximate surface area is 102 Å². The average Bonchev–Trinajstić information content (AvgIpc) is 2.26. The minimum atomic E-state index is -0.511. The molecule has 0 spiro atoms. The van der Waals surface area contributed by atoms with E-state index in [1.807, 2.05) is 0 Å². The SMILES string of the molecule is CC(=O)NC(CS)C(=O)NC1CCCCC1. The van der Waals surface area contributed by atoms with E-state index in [9.17, 15) is 9.59 Å². The van der Waals surface area contributed by atoms with Crippen LogP contribution in [0.1, 0.15) is 39.0 Å². The first-order valence-corrected chi connectivity index (χ1v) is 6.45. The van der Waals surface area contributed by atoms with Gasteiger partial charge in [-0.1, -0.05) is 19.3 Å². The van der Waals surface area contributed by atoms with Crippen molar-refractivity contribution in [2.75, 3.05) is 5.75 Å². The quantitative estimate of drug-likeness (QED) is 0.643. The van der Waals surface area contributed by atoms with E-state index in [0.29, 0.717) is 5.75 Å². The van der Waals surface area contributed by atoms with Crippen LogP contribution >= 0.6 is 12.6 Å². The highest BCUT2D eigenvalue weighted by Gasteiger charge is 2.21. The van der Waals surface area contributed by atoms with Gasteiger partial charge in [0.1, 0.15) is 6.04 Å². The lowest BCUT2D eigenvalue weighted by molar-refractivity contribution is -0.128. The Morgan fingerprint density at radius 3 is 2.44 bits per heavy atom. The zero-order valence-corrected chi connectivity index (χ0v) is 10.6. The molecule has 0 aromatic rings. The van der Waals surface area contributed by atoms with E-state index < -0.39 is 6.04 Å². The van der Waals surface area contributed by atoms with Gasteiger partial charge in [-0.3, -0.25) is 9.59 Å². The van der Waals surface area contributed by atoms with Gasteiger partial charge in [0, 0.05) is 18.7 Å². The van der Waals surface area contributed by atoms with Gasteiger partial charge in [0.2, 0.25) is 11.8 Å². The first-order chi connectivity index (χ1) is 7.63. The maximum absolute atomic E-state index is 11.8. The summed E-state index contributed by atoms with van der Waals surface area (Å²) in [5.74, 6) is 0.0212. The summed E-state index contributed by atoms with van der Waals surface area (Å²) in [5.41, 5.74) is 0. The minimum absolute atomic E-state index is 0.114. The molecule has 2 N–H and O–H groups in total. The van der Waals surface area contributed by atoms with Crippen molar-refractivity contribution in [3.63, 3.8) is 0 Å². The molecule has 0 heterocycles. The van der Waals surface area contributed by atoms with Gasteiger partial charge in [0.05, 0.1) is 0 Å². The van der Waals surface area contributed by atoms with Gasteiger partial charge in [-0.15, -0.1) is 0 Å². The molecule has 2 amide bonds. The van der Waals surface area contributed by atoms with Crippen LogP contribution in [0.15, 0.2) is 0 Å². The number of hydrogen-bond donors (Lipinski definition) is 3. The van der Waals surface area contributed by atoms with Crippen LogP contribution < -0.4 is 10.6 Å². The van der Waals surface area contributed by atoms with Crippen molar-refractivity contribution in [3.05, 3.63) is 0 Å². The molecule has 0 aliphatic heterocycles. The summed E-state index contributed by atoms with van der Waals surface area (Å²) >= 11 is 4.07. The molecule has 1 atom stereocenters. The second-order valence-electron chi connectivity index (χ2n) is 4.28. The third-order valence-electron chi connectivity index (χ3n) is 2.83. The maximum atomic E-state index is 11.8. The summed E-state index contributed by atoms with van der Waals surface area (Å²) in [6.45, 7) is 1.41. The molecule has 1 saturated carbocycles. The van der Waals surface area contributed by atoms with Crippen LogP contribution in [0.25, 0.3) is 0 Å². The smallest absolute Gasteiger partial charge is 0.243 e. The van der Waals surface area contributed by atoms with Crippen LogP contribution in [0.4, 0.5) is 0 Å². The molecule has 0 aromatic carbocycles. The van der Waals surface area contributed by atoms with Crippen molar-refractivity contribution in [1.82, 2.24) is 10.6 Å². The predicted molar refractivity (Wildman–Crippen MR) is 66.5 cm³/mol. The molecule has 16 heavy (non-hydrogen) atoms. The summed E-state index contributed by atoms with van der Waals surface area (Å²) in [6, 6.07) is -0.236. The number of thiol groups is 1. The maximum Gasteiger partial charge on any atom is 0.243 e. The molecule has 1 unspecified atom stereocenters. The molecule has 1 fully saturated rings.